The molecule has 0 aromatic heterocycles. The highest BCUT2D eigenvalue weighted by molar-refractivity contribution is 6.14. The van der Waals surface area contributed by atoms with E-state index in [1.807, 2.05) is 0 Å². The lowest BCUT2D eigenvalue weighted by Crippen LogP contribution is -2.29. The van der Waals surface area contributed by atoms with E-state index < -0.39 is 23.7 Å². The summed E-state index contributed by atoms with van der Waals surface area (Å²) >= 11 is 0. The predicted octanol–water partition coefficient (Wildman–Crippen LogP) is 2.44. The van der Waals surface area contributed by atoms with Crippen LogP contribution in [0.2, 0.25) is 0 Å². The fourth-order valence-electron chi connectivity index (χ4n) is 1.41. The Morgan fingerprint density at radius 3 is 2.35 bits per heavy atom. The molecule has 1 unspecified atom stereocenters. The number of ketones is 2. The highest BCUT2D eigenvalue weighted by Gasteiger charge is 2.30. The molecule has 0 radical (unpaired) electrons. The van der Waals surface area contributed by atoms with Crippen LogP contribution in [0, 0.1) is 5.92 Å². The lowest BCUT2D eigenvalue weighted by molar-refractivity contribution is -0.125. The van der Waals surface area contributed by atoms with Gasteiger partial charge in [-0.25, -0.2) is 4.39 Å². The molecule has 0 aliphatic carbocycles. The fraction of sp³-hybridized carbons (Fsp3) is 0.385. The number of carbonyl (C=O) groups excluding carboxylic acids is 2. The highest BCUT2D eigenvalue weighted by atomic mass is 19.1. The van der Waals surface area contributed by atoms with E-state index >= 15 is 0 Å². The van der Waals surface area contributed by atoms with Crippen LogP contribution in [0.1, 0.15) is 24.2 Å². The monoisotopic (exact) mass is 238 g/mol. The molecular formula is C13H15FO3. The number of hydrogen-bond acceptors (Lipinski definition) is 3. The highest BCUT2D eigenvalue weighted by Crippen LogP contribution is 2.21. The van der Waals surface area contributed by atoms with Crippen molar-refractivity contribution in [3.63, 3.8) is 0 Å². The van der Waals surface area contributed by atoms with E-state index in [-0.39, 0.29) is 11.3 Å². The van der Waals surface area contributed by atoms with E-state index in [1.165, 1.54) is 13.2 Å². The van der Waals surface area contributed by atoms with Gasteiger partial charge in [0.2, 0.25) is 12.0 Å². The van der Waals surface area contributed by atoms with Gasteiger partial charge in [0.1, 0.15) is 5.75 Å². The lowest BCUT2D eigenvalue weighted by Gasteiger charge is -2.11. The van der Waals surface area contributed by atoms with Gasteiger partial charge in [-0.2, -0.15) is 0 Å². The SMILES string of the molecule is COc1ccccc1C(=O)C(F)C(=O)C(C)C. The first-order valence-electron chi connectivity index (χ1n) is 5.34. The minimum atomic E-state index is -2.12. The summed E-state index contributed by atoms with van der Waals surface area (Å²) in [4.78, 5) is 23.2. The molecule has 0 heterocycles. The number of hydrogen-bond donors (Lipinski definition) is 0. The maximum Gasteiger partial charge on any atom is 0.221 e. The predicted molar refractivity (Wildman–Crippen MR) is 62.1 cm³/mol. The van der Waals surface area contributed by atoms with E-state index in [0.29, 0.717) is 0 Å². The van der Waals surface area contributed by atoms with Crippen molar-refractivity contribution in [3.05, 3.63) is 29.8 Å². The van der Waals surface area contributed by atoms with Crippen LogP contribution in [0.4, 0.5) is 4.39 Å². The Hall–Kier alpha value is -1.71. The Bertz CT molecular complexity index is 426. The van der Waals surface area contributed by atoms with Crippen molar-refractivity contribution in [2.45, 2.75) is 20.0 Å². The zero-order valence-corrected chi connectivity index (χ0v) is 10.1. The van der Waals surface area contributed by atoms with Crippen LogP contribution >= 0.6 is 0 Å². The van der Waals surface area contributed by atoms with Crippen molar-refractivity contribution in [2.24, 2.45) is 5.92 Å². The largest absolute Gasteiger partial charge is 0.496 e. The smallest absolute Gasteiger partial charge is 0.221 e. The quantitative estimate of drug-likeness (QED) is 0.584. The Morgan fingerprint density at radius 2 is 1.82 bits per heavy atom. The van der Waals surface area contributed by atoms with Crippen molar-refractivity contribution in [1.29, 1.82) is 0 Å². The molecule has 17 heavy (non-hydrogen) atoms. The van der Waals surface area contributed by atoms with Crippen molar-refractivity contribution >= 4 is 11.6 Å². The molecule has 4 heteroatoms. The van der Waals surface area contributed by atoms with Crippen LogP contribution < -0.4 is 4.74 Å². The van der Waals surface area contributed by atoms with Crippen LogP contribution in [0.5, 0.6) is 5.75 Å². The summed E-state index contributed by atoms with van der Waals surface area (Å²) in [6.07, 6.45) is -2.12. The molecule has 1 aromatic rings. The van der Waals surface area contributed by atoms with Crippen LogP contribution in [-0.4, -0.2) is 24.8 Å². The van der Waals surface area contributed by atoms with Gasteiger partial charge in [0.15, 0.2) is 5.78 Å². The Morgan fingerprint density at radius 1 is 1.24 bits per heavy atom. The first-order chi connectivity index (χ1) is 7.99. The van der Waals surface area contributed by atoms with Gasteiger partial charge in [-0.3, -0.25) is 9.59 Å². The number of rotatable bonds is 5. The van der Waals surface area contributed by atoms with Crippen molar-refractivity contribution < 1.29 is 18.7 Å². The molecule has 0 aliphatic rings. The van der Waals surface area contributed by atoms with Gasteiger partial charge in [0, 0.05) is 5.92 Å². The zero-order valence-electron chi connectivity index (χ0n) is 10.1. The van der Waals surface area contributed by atoms with Crippen molar-refractivity contribution in [1.82, 2.24) is 0 Å². The third-order valence-electron chi connectivity index (χ3n) is 2.42. The topological polar surface area (TPSA) is 43.4 Å². The van der Waals surface area contributed by atoms with Crippen LogP contribution in [-0.2, 0) is 4.79 Å². The average Bonchev–Trinajstić information content (AvgIpc) is 2.35. The summed E-state index contributed by atoms with van der Waals surface area (Å²) in [7, 11) is 1.39. The van der Waals surface area contributed by atoms with E-state index in [9.17, 15) is 14.0 Å². The van der Waals surface area contributed by atoms with Gasteiger partial charge in [-0.15, -0.1) is 0 Å². The minimum absolute atomic E-state index is 0.0940. The van der Waals surface area contributed by atoms with Crippen LogP contribution in [0.25, 0.3) is 0 Å². The molecule has 0 amide bonds. The molecule has 0 fully saturated rings. The summed E-state index contributed by atoms with van der Waals surface area (Å²) in [5.41, 5.74) is 0.0940. The van der Waals surface area contributed by atoms with Gasteiger partial charge in [0.05, 0.1) is 12.7 Å². The maximum atomic E-state index is 13.7. The normalized spacial score (nSPS) is 12.3. The van der Waals surface area contributed by atoms with Crippen LogP contribution in [0.3, 0.4) is 0 Å². The minimum Gasteiger partial charge on any atom is -0.496 e. The van der Waals surface area contributed by atoms with Gasteiger partial charge in [0.25, 0.3) is 0 Å². The lowest BCUT2D eigenvalue weighted by atomic mass is 9.97. The molecule has 3 nitrogen and oxygen atoms in total. The molecule has 0 saturated carbocycles. The fourth-order valence-corrected chi connectivity index (χ4v) is 1.41. The van der Waals surface area contributed by atoms with E-state index in [1.54, 1.807) is 32.0 Å². The van der Waals surface area contributed by atoms with Crippen molar-refractivity contribution in [2.75, 3.05) is 7.11 Å². The Balaban J connectivity index is 3.00. The number of alkyl halides is 1. The van der Waals surface area contributed by atoms with Gasteiger partial charge in [-0.05, 0) is 12.1 Å². The molecule has 0 spiro atoms. The number of methoxy groups -OCH3 is 1. The Kier molecular flexibility index (Phi) is 4.37. The number of Topliss-reactive ketones (excluding diaryl/α,β-unsaturated/α-hetero) is 2. The van der Waals surface area contributed by atoms with E-state index in [0.717, 1.165) is 0 Å². The van der Waals surface area contributed by atoms with Gasteiger partial charge >= 0.3 is 0 Å². The number of para-hydroxylation sites is 1. The molecule has 1 atom stereocenters. The number of benzene rings is 1. The number of carbonyl (C=O) groups is 2. The van der Waals surface area contributed by atoms with E-state index in [2.05, 4.69) is 0 Å². The zero-order chi connectivity index (χ0) is 13.0. The summed E-state index contributed by atoms with van der Waals surface area (Å²) in [5, 5.41) is 0. The summed E-state index contributed by atoms with van der Waals surface area (Å²) < 4.78 is 18.6. The molecule has 1 aromatic carbocycles. The second-order valence-electron chi connectivity index (χ2n) is 3.98. The first kappa shape index (κ1) is 13.4. The second kappa shape index (κ2) is 5.57. The average molecular weight is 238 g/mol. The second-order valence-corrected chi connectivity index (χ2v) is 3.98. The first-order valence-corrected chi connectivity index (χ1v) is 5.34. The van der Waals surface area contributed by atoms with Gasteiger partial charge < -0.3 is 4.74 Å². The molecule has 0 bridgehead atoms. The third-order valence-corrected chi connectivity index (χ3v) is 2.42. The molecule has 0 aliphatic heterocycles. The Labute approximate surface area is 99.6 Å². The molecule has 1 rings (SSSR count). The van der Waals surface area contributed by atoms with Crippen molar-refractivity contribution in [3.8, 4) is 5.75 Å². The van der Waals surface area contributed by atoms with Crippen LogP contribution in [0.15, 0.2) is 24.3 Å². The third kappa shape index (κ3) is 2.90. The van der Waals surface area contributed by atoms with Gasteiger partial charge in [-0.1, -0.05) is 26.0 Å². The summed E-state index contributed by atoms with van der Waals surface area (Å²) in [6, 6.07) is 6.27. The molecular weight excluding hydrogens is 223 g/mol. The maximum absolute atomic E-state index is 13.7. The molecule has 0 saturated heterocycles. The molecule has 0 N–H and O–H groups in total. The summed E-state index contributed by atoms with van der Waals surface area (Å²) in [6.45, 7) is 3.12. The van der Waals surface area contributed by atoms with E-state index in [4.69, 9.17) is 4.74 Å². The number of halogens is 1. The number of ether oxygens (including phenoxy) is 1. The molecule has 92 valence electrons. The standard InChI is InChI=1S/C13H15FO3/c1-8(2)12(15)11(14)13(16)9-6-4-5-7-10(9)17-3/h4-8,11H,1-3H3. The summed E-state index contributed by atoms with van der Waals surface area (Å²) in [5.74, 6) is -1.79.